The first-order chi connectivity index (χ1) is 15.0. The van der Waals surface area contributed by atoms with Crippen molar-refractivity contribution in [2.24, 2.45) is 0 Å². The summed E-state index contributed by atoms with van der Waals surface area (Å²) in [6.45, 7) is 13.3. The molecule has 1 aliphatic rings. The quantitative estimate of drug-likeness (QED) is 0.592. The van der Waals surface area contributed by atoms with Crippen molar-refractivity contribution in [1.29, 1.82) is 0 Å². The summed E-state index contributed by atoms with van der Waals surface area (Å²) in [6.07, 6.45) is 0.981. The fraction of sp³-hybridized carbons (Fsp3) is 0.538. The fourth-order valence-corrected chi connectivity index (χ4v) is 4.34. The smallest absolute Gasteiger partial charge is 0.161 e. The summed E-state index contributed by atoms with van der Waals surface area (Å²) in [6, 6.07) is 11.0. The molecule has 3 rings (SSSR count). The average Bonchev–Trinajstić information content (AvgIpc) is 2.80. The van der Waals surface area contributed by atoms with Gasteiger partial charge in [0.05, 0.1) is 20.3 Å². The summed E-state index contributed by atoms with van der Waals surface area (Å²) in [5.41, 5.74) is 5.08. The molecule has 0 saturated heterocycles. The molecule has 0 saturated carbocycles. The van der Waals surface area contributed by atoms with Gasteiger partial charge in [0.2, 0.25) is 0 Å². The number of fused-ring (bicyclic) bond motifs is 1. The van der Waals surface area contributed by atoms with Crippen molar-refractivity contribution in [1.82, 2.24) is 10.2 Å². The minimum atomic E-state index is 0.128. The Hall–Kier alpha value is -2.24. The van der Waals surface area contributed by atoms with Crippen LogP contribution in [0.4, 0.5) is 0 Å². The van der Waals surface area contributed by atoms with Gasteiger partial charge in [-0.05, 0) is 71.9 Å². The third kappa shape index (κ3) is 5.34. The van der Waals surface area contributed by atoms with Gasteiger partial charge in [0, 0.05) is 13.1 Å². The van der Waals surface area contributed by atoms with Crippen molar-refractivity contribution in [3.63, 3.8) is 0 Å². The minimum Gasteiger partial charge on any atom is -0.496 e. The highest BCUT2D eigenvalue weighted by molar-refractivity contribution is 5.52. The fourth-order valence-electron chi connectivity index (χ4n) is 4.34. The summed E-state index contributed by atoms with van der Waals surface area (Å²) in [7, 11) is 3.46. The van der Waals surface area contributed by atoms with Crippen LogP contribution in [0.1, 0.15) is 61.9 Å². The van der Waals surface area contributed by atoms with E-state index in [1.54, 1.807) is 14.2 Å². The number of likely N-dealkylation sites (N-methyl/N-ethyl adjacent to an activating group) is 1. The highest BCUT2D eigenvalue weighted by Crippen LogP contribution is 2.39. The maximum Gasteiger partial charge on any atom is 0.161 e. The molecular formula is C26H38N2O3. The molecule has 0 amide bonds. The van der Waals surface area contributed by atoms with Gasteiger partial charge in [-0.2, -0.15) is 0 Å². The Morgan fingerprint density at radius 2 is 1.74 bits per heavy atom. The Morgan fingerprint density at radius 3 is 2.39 bits per heavy atom. The highest BCUT2D eigenvalue weighted by Gasteiger charge is 2.25. The molecule has 5 nitrogen and oxygen atoms in total. The van der Waals surface area contributed by atoms with E-state index in [9.17, 15) is 0 Å². The van der Waals surface area contributed by atoms with Crippen molar-refractivity contribution >= 4 is 0 Å². The lowest BCUT2D eigenvalue weighted by molar-refractivity contribution is 0.217. The molecule has 0 radical (unpaired) electrons. The monoisotopic (exact) mass is 426 g/mol. The van der Waals surface area contributed by atoms with Crippen molar-refractivity contribution < 1.29 is 14.2 Å². The number of nitrogens with one attached hydrogen (secondary N) is 1. The first kappa shape index (κ1) is 23.4. The number of methoxy groups -OCH3 is 2. The zero-order valence-corrected chi connectivity index (χ0v) is 20.0. The van der Waals surface area contributed by atoms with E-state index in [0.29, 0.717) is 12.5 Å². The van der Waals surface area contributed by atoms with Crippen molar-refractivity contribution in [2.45, 2.75) is 46.1 Å². The van der Waals surface area contributed by atoms with Gasteiger partial charge in [0.1, 0.15) is 12.4 Å². The van der Waals surface area contributed by atoms with Crippen molar-refractivity contribution in [3.05, 3.63) is 52.6 Å². The lowest BCUT2D eigenvalue weighted by Crippen LogP contribution is -2.31. The molecule has 1 heterocycles. The molecular weight excluding hydrogens is 388 g/mol. The molecule has 2 aromatic rings. The number of rotatable bonds is 10. The Labute approximate surface area is 187 Å². The van der Waals surface area contributed by atoms with Crippen LogP contribution >= 0.6 is 0 Å². The van der Waals surface area contributed by atoms with Crippen LogP contribution in [-0.2, 0) is 6.42 Å². The summed E-state index contributed by atoms with van der Waals surface area (Å²) >= 11 is 0. The Balaban J connectivity index is 1.92. The number of hydrogen-bond acceptors (Lipinski definition) is 5. The summed E-state index contributed by atoms with van der Waals surface area (Å²) < 4.78 is 17.5. The van der Waals surface area contributed by atoms with Crippen LogP contribution in [0.5, 0.6) is 17.2 Å². The van der Waals surface area contributed by atoms with Crippen molar-refractivity contribution in [2.75, 3.05) is 47.0 Å². The minimum absolute atomic E-state index is 0.128. The Morgan fingerprint density at radius 1 is 1.00 bits per heavy atom. The Bertz CT molecular complexity index is 862. The summed E-state index contributed by atoms with van der Waals surface area (Å²) in [5.74, 6) is 2.98. The van der Waals surface area contributed by atoms with E-state index in [1.807, 2.05) is 0 Å². The second-order valence-corrected chi connectivity index (χ2v) is 8.37. The Kier molecular flexibility index (Phi) is 8.22. The number of ether oxygens (including phenoxy) is 3. The van der Waals surface area contributed by atoms with Crippen LogP contribution in [0, 0.1) is 0 Å². The SMILES string of the molecule is CCN(CC)CCOc1cc2c(cc1OC)CCNC2c1ccc(OC)c(C(C)C)c1. The van der Waals surface area contributed by atoms with E-state index >= 15 is 0 Å². The molecule has 1 N–H and O–H groups in total. The van der Waals surface area contributed by atoms with E-state index in [2.05, 4.69) is 68.2 Å². The third-order valence-electron chi connectivity index (χ3n) is 6.25. The predicted molar refractivity (Wildman–Crippen MR) is 127 cm³/mol. The van der Waals surface area contributed by atoms with Gasteiger partial charge in [-0.1, -0.05) is 33.8 Å². The molecule has 0 spiro atoms. The number of nitrogens with zero attached hydrogens (tertiary/aromatic N) is 1. The summed E-state index contributed by atoms with van der Waals surface area (Å²) in [5, 5.41) is 3.71. The number of benzene rings is 2. The van der Waals surface area contributed by atoms with E-state index in [-0.39, 0.29) is 6.04 Å². The van der Waals surface area contributed by atoms with Gasteiger partial charge in [-0.25, -0.2) is 0 Å². The first-order valence-corrected chi connectivity index (χ1v) is 11.5. The summed E-state index contributed by atoms with van der Waals surface area (Å²) in [4.78, 5) is 2.36. The molecule has 31 heavy (non-hydrogen) atoms. The maximum atomic E-state index is 6.20. The van der Waals surface area contributed by atoms with E-state index in [4.69, 9.17) is 14.2 Å². The van der Waals surface area contributed by atoms with Crippen LogP contribution in [0.15, 0.2) is 30.3 Å². The van der Waals surface area contributed by atoms with Crippen molar-refractivity contribution in [3.8, 4) is 17.2 Å². The average molecular weight is 427 g/mol. The second kappa shape index (κ2) is 10.9. The van der Waals surface area contributed by atoms with Crippen LogP contribution < -0.4 is 19.5 Å². The lowest BCUT2D eigenvalue weighted by atomic mass is 9.87. The maximum absolute atomic E-state index is 6.20. The largest absolute Gasteiger partial charge is 0.496 e. The van der Waals surface area contributed by atoms with Crippen LogP contribution in [0.2, 0.25) is 0 Å². The topological polar surface area (TPSA) is 43.0 Å². The molecule has 0 bridgehead atoms. The van der Waals surface area contributed by atoms with Crippen LogP contribution in [0.3, 0.4) is 0 Å². The molecule has 170 valence electrons. The molecule has 0 fully saturated rings. The molecule has 1 atom stereocenters. The molecule has 1 unspecified atom stereocenters. The molecule has 0 aromatic heterocycles. The standard InChI is InChI=1S/C26H38N2O3/c1-7-28(8-2)13-14-31-25-17-22-19(16-24(25)30-6)11-12-27-26(22)20-9-10-23(29-5)21(15-20)18(3)4/h9-10,15-18,26-27H,7-8,11-14H2,1-6H3. The molecule has 2 aromatic carbocycles. The molecule has 0 aliphatic carbocycles. The predicted octanol–water partition coefficient (Wildman–Crippen LogP) is 4.78. The van der Waals surface area contributed by atoms with Gasteiger partial charge in [-0.15, -0.1) is 0 Å². The van der Waals surface area contributed by atoms with Crippen LogP contribution in [-0.4, -0.2) is 51.9 Å². The van der Waals surface area contributed by atoms with E-state index in [0.717, 1.165) is 49.8 Å². The second-order valence-electron chi connectivity index (χ2n) is 8.37. The van der Waals surface area contributed by atoms with Gasteiger partial charge in [0.25, 0.3) is 0 Å². The number of hydrogen-bond donors (Lipinski definition) is 1. The third-order valence-corrected chi connectivity index (χ3v) is 6.25. The van der Waals surface area contributed by atoms with E-state index in [1.165, 1.54) is 22.3 Å². The highest BCUT2D eigenvalue weighted by atomic mass is 16.5. The van der Waals surface area contributed by atoms with E-state index < -0.39 is 0 Å². The normalized spacial score (nSPS) is 15.8. The molecule has 1 aliphatic heterocycles. The van der Waals surface area contributed by atoms with Gasteiger partial charge < -0.3 is 24.4 Å². The first-order valence-electron chi connectivity index (χ1n) is 11.5. The molecule has 5 heteroatoms. The van der Waals surface area contributed by atoms with Gasteiger partial charge in [0.15, 0.2) is 11.5 Å². The zero-order chi connectivity index (χ0) is 22.4. The van der Waals surface area contributed by atoms with Gasteiger partial charge >= 0.3 is 0 Å². The zero-order valence-electron chi connectivity index (χ0n) is 20.0. The lowest BCUT2D eigenvalue weighted by Gasteiger charge is -2.29. The van der Waals surface area contributed by atoms with Gasteiger partial charge in [-0.3, -0.25) is 0 Å². The van der Waals surface area contributed by atoms with Crippen LogP contribution in [0.25, 0.3) is 0 Å².